The third kappa shape index (κ3) is 4.90. The van der Waals surface area contributed by atoms with Crippen LogP contribution in [0.5, 0.6) is 0 Å². The van der Waals surface area contributed by atoms with Crippen LogP contribution in [0.15, 0.2) is 52.4 Å². The van der Waals surface area contributed by atoms with E-state index >= 15 is 0 Å². The highest BCUT2D eigenvalue weighted by Gasteiger charge is 2.22. The minimum absolute atomic E-state index is 0.0721. The van der Waals surface area contributed by atoms with Crippen molar-refractivity contribution < 1.29 is 13.2 Å². The van der Waals surface area contributed by atoms with Crippen LogP contribution >= 0.6 is 23.2 Å². The molecule has 31 heavy (non-hydrogen) atoms. The summed E-state index contributed by atoms with van der Waals surface area (Å²) in [4.78, 5) is 29.4. The zero-order chi connectivity index (χ0) is 22.8. The van der Waals surface area contributed by atoms with Gasteiger partial charge >= 0.3 is 0 Å². The fraction of sp³-hybridized carbons (Fsp3) is 0.250. The summed E-state index contributed by atoms with van der Waals surface area (Å²) in [6.07, 6.45) is 1.23. The number of hydrogen-bond donors (Lipinski definition) is 1. The molecule has 164 valence electrons. The molecule has 1 heterocycles. The van der Waals surface area contributed by atoms with Gasteiger partial charge in [0, 0.05) is 23.8 Å². The summed E-state index contributed by atoms with van der Waals surface area (Å²) < 4.78 is 27.8. The van der Waals surface area contributed by atoms with Crippen LogP contribution in [0.2, 0.25) is 10.0 Å². The molecule has 0 aliphatic carbocycles. The van der Waals surface area contributed by atoms with E-state index in [1.807, 2.05) is 0 Å². The maximum atomic E-state index is 12.7. The number of benzene rings is 2. The van der Waals surface area contributed by atoms with Crippen molar-refractivity contribution in [2.45, 2.75) is 25.3 Å². The molecule has 0 spiro atoms. The van der Waals surface area contributed by atoms with E-state index in [2.05, 4.69) is 10.3 Å². The van der Waals surface area contributed by atoms with Crippen LogP contribution in [0.25, 0.3) is 10.9 Å². The molecule has 1 N–H and O–H groups in total. The van der Waals surface area contributed by atoms with Gasteiger partial charge in [-0.3, -0.25) is 14.2 Å². The van der Waals surface area contributed by atoms with Gasteiger partial charge in [-0.05, 0) is 30.3 Å². The van der Waals surface area contributed by atoms with Gasteiger partial charge in [-0.25, -0.2) is 13.4 Å². The fourth-order valence-electron chi connectivity index (χ4n) is 3.11. The molecule has 0 aliphatic heterocycles. The second-order valence-electron chi connectivity index (χ2n) is 6.63. The number of aromatic nitrogens is 2. The second kappa shape index (κ2) is 9.35. The first kappa shape index (κ1) is 23.2. The quantitative estimate of drug-likeness (QED) is 0.556. The molecule has 0 aliphatic rings. The number of halogens is 2. The number of nitrogens with one attached hydrogen (secondary N) is 1. The molecule has 8 nitrogen and oxygen atoms in total. The number of rotatable bonds is 7. The Kier molecular flexibility index (Phi) is 7.00. The molecule has 11 heteroatoms. The number of nitrogens with zero attached hydrogens (tertiary/aromatic N) is 3. The smallest absolute Gasteiger partial charge is 0.261 e. The van der Waals surface area contributed by atoms with Crippen molar-refractivity contribution in [3.8, 4) is 0 Å². The van der Waals surface area contributed by atoms with Crippen LogP contribution in [0.1, 0.15) is 13.8 Å². The standard InChI is InChI=1S/C20H20Cl2N4O4S/c1-3-26(4-2)31(29,30)15-7-5-6-14(10-15)24-18(27)11-25-12-23-19-16(20(25)28)8-13(21)9-17(19)22/h5-10,12H,3-4,11H2,1-2H3,(H,24,27). The van der Waals surface area contributed by atoms with Crippen LogP contribution in [-0.4, -0.2) is 41.3 Å². The predicted octanol–water partition coefficient (Wildman–Crippen LogP) is 3.37. The summed E-state index contributed by atoms with van der Waals surface area (Å²) >= 11 is 12.0. The summed E-state index contributed by atoms with van der Waals surface area (Å²) in [7, 11) is -3.67. The van der Waals surface area contributed by atoms with Crippen molar-refractivity contribution in [3.05, 3.63) is 63.1 Å². The van der Waals surface area contributed by atoms with Gasteiger partial charge < -0.3 is 5.32 Å². The Morgan fingerprint density at radius 1 is 1.16 bits per heavy atom. The Bertz CT molecular complexity index is 1300. The molecule has 0 radical (unpaired) electrons. The van der Waals surface area contributed by atoms with Gasteiger partial charge in [-0.1, -0.05) is 43.1 Å². The lowest BCUT2D eigenvalue weighted by atomic mass is 10.2. The molecule has 0 saturated heterocycles. The summed E-state index contributed by atoms with van der Waals surface area (Å²) in [5, 5.41) is 3.33. The maximum Gasteiger partial charge on any atom is 0.261 e. The van der Waals surface area contributed by atoms with Gasteiger partial charge in [-0.2, -0.15) is 4.31 Å². The van der Waals surface area contributed by atoms with Crippen molar-refractivity contribution in [2.24, 2.45) is 0 Å². The van der Waals surface area contributed by atoms with Crippen molar-refractivity contribution in [1.29, 1.82) is 0 Å². The molecule has 0 saturated carbocycles. The number of sulfonamides is 1. The van der Waals surface area contributed by atoms with E-state index in [-0.39, 0.29) is 26.9 Å². The minimum atomic E-state index is -3.67. The fourth-order valence-corrected chi connectivity index (χ4v) is 5.16. The van der Waals surface area contributed by atoms with Gasteiger partial charge in [-0.15, -0.1) is 0 Å². The first-order chi connectivity index (χ1) is 14.7. The van der Waals surface area contributed by atoms with Crippen LogP contribution in [-0.2, 0) is 21.4 Å². The predicted molar refractivity (Wildman–Crippen MR) is 121 cm³/mol. The van der Waals surface area contributed by atoms with Gasteiger partial charge in [0.2, 0.25) is 15.9 Å². The van der Waals surface area contributed by atoms with E-state index in [1.54, 1.807) is 26.0 Å². The van der Waals surface area contributed by atoms with Gasteiger partial charge in [0.05, 0.1) is 27.1 Å². The molecular weight excluding hydrogens is 463 g/mol. The lowest BCUT2D eigenvalue weighted by Crippen LogP contribution is -2.30. The van der Waals surface area contributed by atoms with E-state index in [9.17, 15) is 18.0 Å². The van der Waals surface area contributed by atoms with Crippen molar-refractivity contribution in [2.75, 3.05) is 18.4 Å². The number of amides is 1. The highest BCUT2D eigenvalue weighted by molar-refractivity contribution is 7.89. The average Bonchev–Trinajstić information content (AvgIpc) is 2.71. The number of fused-ring (bicyclic) bond motifs is 1. The molecule has 1 amide bonds. The Labute approximate surface area is 189 Å². The second-order valence-corrected chi connectivity index (χ2v) is 9.41. The largest absolute Gasteiger partial charge is 0.324 e. The maximum absolute atomic E-state index is 12.7. The van der Waals surface area contributed by atoms with Crippen LogP contribution in [0, 0.1) is 0 Å². The van der Waals surface area contributed by atoms with Gasteiger partial charge in [0.25, 0.3) is 5.56 Å². The monoisotopic (exact) mass is 482 g/mol. The Balaban J connectivity index is 1.84. The molecular formula is C20H20Cl2N4O4S. The molecule has 0 unspecified atom stereocenters. The molecule has 2 aromatic carbocycles. The Morgan fingerprint density at radius 2 is 1.87 bits per heavy atom. The van der Waals surface area contributed by atoms with E-state index in [0.717, 1.165) is 4.57 Å². The number of carbonyl (C=O) groups is 1. The lowest BCUT2D eigenvalue weighted by molar-refractivity contribution is -0.116. The van der Waals surface area contributed by atoms with Crippen molar-refractivity contribution in [1.82, 2.24) is 13.9 Å². The Morgan fingerprint density at radius 3 is 2.55 bits per heavy atom. The zero-order valence-corrected chi connectivity index (χ0v) is 19.1. The van der Waals surface area contributed by atoms with Gasteiger partial charge in [0.1, 0.15) is 6.54 Å². The first-order valence-electron chi connectivity index (χ1n) is 9.41. The molecule has 3 rings (SSSR count). The third-order valence-electron chi connectivity index (χ3n) is 4.62. The number of anilines is 1. The number of carbonyl (C=O) groups excluding carboxylic acids is 1. The first-order valence-corrected chi connectivity index (χ1v) is 11.6. The highest BCUT2D eigenvalue weighted by Crippen LogP contribution is 2.24. The summed E-state index contributed by atoms with van der Waals surface area (Å²) in [5.41, 5.74) is 0.121. The molecule has 0 bridgehead atoms. The van der Waals surface area contributed by atoms with E-state index in [4.69, 9.17) is 23.2 Å². The van der Waals surface area contributed by atoms with Crippen LogP contribution in [0.3, 0.4) is 0 Å². The summed E-state index contributed by atoms with van der Waals surface area (Å²) in [6.45, 7) is 3.85. The van der Waals surface area contributed by atoms with E-state index in [0.29, 0.717) is 24.3 Å². The third-order valence-corrected chi connectivity index (χ3v) is 7.17. The molecule has 1 aromatic heterocycles. The number of hydrogen-bond acceptors (Lipinski definition) is 5. The van der Waals surface area contributed by atoms with Crippen LogP contribution < -0.4 is 10.9 Å². The summed E-state index contributed by atoms with van der Waals surface area (Å²) in [5.74, 6) is -0.520. The molecule has 3 aromatic rings. The Hall–Kier alpha value is -2.46. The summed E-state index contributed by atoms with van der Waals surface area (Å²) in [6, 6.07) is 8.88. The minimum Gasteiger partial charge on any atom is -0.324 e. The topological polar surface area (TPSA) is 101 Å². The highest BCUT2D eigenvalue weighted by atomic mass is 35.5. The lowest BCUT2D eigenvalue weighted by Gasteiger charge is -2.19. The van der Waals surface area contributed by atoms with E-state index < -0.39 is 21.5 Å². The SMILES string of the molecule is CCN(CC)S(=O)(=O)c1cccc(NC(=O)Cn2cnc3c(Cl)cc(Cl)cc3c2=O)c1. The van der Waals surface area contributed by atoms with E-state index in [1.165, 1.54) is 34.9 Å². The zero-order valence-electron chi connectivity index (χ0n) is 16.8. The van der Waals surface area contributed by atoms with Crippen LogP contribution in [0.4, 0.5) is 5.69 Å². The average molecular weight is 483 g/mol. The molecule has 0 atom stereocenters. The van der Waals surface area contributed by atoms with Crippen molar-refractivity contribution in [3.63, 3.8) is 0 Å². The van der Waals surface area contributed by atoms with Crippen molar-refractivity contribution >= 4 is 55.7 Å². The molecule has 0 fully saturated rings. The van der Waals surface area contributed by atoms with Gasteiger partial charge in [0.15, 0.2) is 0 Å². The normalized spacial score (nSPS) is 11.8.